The quantitative estimate of drug-likeness (QED) is 0.678. The zero-order valence-corrected chi connectivity index (χ0v) is 17.5. The standard InChI is InChI=1S/C22H27FN4O2/c1-22(2,3)29-21(28)27(11-10-26(4)5)17-13-15(12-16(23)14-17)18-6-8-24-20-19(18)7-9-25-20/h6-9,12-14H,10-11H2,1-5H3,(H,24,25). The number of anilines is 1. The summed E-state index contributed by atoms with van der Waals surface area (Å²) in [5, 5.41) is 0.890. The van der Waals surface area contributed by atoms with E-state index in [-0.39, 0.29) is 0 Å². The average molecular weight is 398 g/mol. The van der Waals surface area contributed by atoms with Gasteiger partial charge in [-0.3, -0.25) is 4.90 Å². The maximum atomic E-state index is 14.6. The number of rotatable bonds is 5. The van der Waals surface area contributed by atoms with Crippen LogP contribution < -0.4 is 4.90 Å². The van der Waals surface area contributed by atoms with Gasteiger partial charge in [0.05, 0.1) is 5.69 Å². The zero-order chi connectivity index (χ0) is 21.2. The van der Waals surface area contributed by atoms with Crippen molar-refractivity contribution in [2.24, 2.45) is 0 Å². The Kier molecular flexibility index (Phi) is 5.88. The molecule has 0 saturated heterocycles. The third-order valence-corrected chi connectivity index (χ3v) is 4.35. The van der Waals surface area contributed by atoms with E-state index in [1.54, 1.807) is 12.4 Å². The molecule has 0 aliphatic heterocycles. The van der Waals surface area contributed by atoms with Crippen LogP contribution in [0.1, 0.15) is 20.8 Å². The number of benzene rings is 1. The maximum Gasteiger partial charge on any atom is 0.414 e. The molecule has 0 atom stereocenters. The zero-order valence-electron chi connectivity index (χ0n) is 17.5. The number of aromatic amines is 1. The molecule has 0 unspecified atom stereocenters. The molecular formula is C22H27FN4O2. The predicted octanol–water partition coefficient (Wildman–Crippen LogP) is 4.67. The summed E-state index contributed by atoms with van der Waals surface area (Å²) in [4.78, 5) is 23.6. The van der Waals surface area contributed by atoms with Gasteiger partial charge in [0.1, 0.15) is 17.1 Å². The van der Waals surface area contributed by atoms with Crippen LogP contribution in [0.4, 0.5) is 14.9 Å². The SMILES string of the molecule is CN(C)CCN(C(=O)OC(C)(C)C)c1cc(F)cc(-c2ccnc3[nH]ccc23)c1. The van der Waals surface area contributed by atoms with Crippen molar-refractivity contribution in [1.29, 1.82) is 0 Å². The highest BCUT2D eigenvalue weighted by atomic mass is 19.1. The normalized spacial score (nSPS) is 11.8. The highest BCUT2D eigenvalue weighted by molar-refractivity contribution is 5.95. The number of fused-ring (bicyclic) bond motifs is 1. The number of aromatic nitrogens is 2. The second kappa shape index (κ2) is 8.21. The number of likely N-dealkylation sites (N-methyl/N-ethyl adjacent to an activating group) is 1. The third kappa shape index (κ3) is 5.12. The molecule has 1 N–H and O–H groups in total. The van der Waals surface area contributed by atoms with Crippen molar-refractivity contribution in [3.05, 3.63) is 48.5 Å². The topological polar surface area (TPSA) is 61.5 Å². The summed E-state index contributed by atoms with van der Waals surface area (Å²) >= 11 is 0. The number of H-pyrrole nitrogens is 1. The second-order valence-electron chi connectivity index (χ2n) is 8.23. The van der Waals surface area contributed by atoms with E-state index >= 15 is 0 Å². The van der Waals surface area contributed by atoms with Crippen LogP contribution in [0.2, 0.25) is 0 Å². The lowest BCUT2D eigenvalue weighted by Gasteiger charge is -2.28. The molecule has 7 heteroatoms. The van der Waals surface area contributed by atoms with Gasteiger partial charge in [0.2, 0.25) is 0 Å². The van der Waals surface area contributed by atoms with Gasteiger partial charge in [-0.2, -0.15) is 0 Å². The van der Waals surface area contributed by atoms with Gasteiger partial charge in [-0.05, 0) is 76.3 Å². The van der Waals surface area contributed by atoms with Crippen molar-refractivity contribution in [2.75, 3.05) is 32.1 Å². The minimum Gasteiger partial charge on any atom is -0.443 e. The lowest BCUT2D eigenvalue weighted by atomic mass is 10.0. The number of nitrogens with one attached hydrogen (secondary N) is 1. The number of amides is 1. The van der Waals surface area contributed by atoms with Gasteiger partial charge < -0.3 is 14.6 Å². The molecule has 2 aromatic heterocycles. The van der Waals surface area contributed by atoms with E-state index in [0.29, 0.717) is 24.3 Å². The molecule has 1 aromatic carbocycles. The maximum absolute atomic E-state index is 14.6. The Morgan fingerprint density at radius 2 is 1.93 bits per heavy atom. The molecule has 0 spiro atoms. The van der Waals surface area contributed by atoms with Crippen LogP contribution in [0, 0.1) is 5.82 Å². The van der Waals surface area contributed by atoms with Crippen LogP contribution in [-0.2, 0) is 4.74 Å². The number of pyridine rings is 1. The van der Waals surface area contributed by atoms with E-state index in [4.69, 9.17) is 4.74 Å². The summed E-state index contributed by atoms with van der Waals surface area (Å²) in [7, 11) is 3.84. The van der Waals surface area contributed by atoms with Crippen LogP contribution in [0.5, 0.6) is 0 Å². The van der Waals surface area contributed by atoms with Crippen molar-refractivity contribution >= 4 is 22.8 Å². The molecule has 6 nitrogen and oxygen atoms in total. The summed E-state index contributed by atoms with van der Waals surface area (Å²) in [6, 6.07) is 8.37. The molecule has 0 radical (unpaired) electrons. The number of hydrogen-bond donors (Lipinski definition) is 1. The van der Waals surface area contributed by atoms with Crippen LogP contribution in [0.15, 0.2) is 42.7 Å². The Bertz CT molecular complexity index is 1010. The fourth-order valence-corrected chi connectivity index (χ4v) is 3.04. The van der Waals surface area contributed by atoms with E-state index in [2.05, 4.69) is 9.97 Å². The Hall–Kier alpha value is -2.93. The first kappa shape index (κ1) is 20.8. The van der Waals surface area contributed by atoms with E-state index in [1.807, 2.05) is 58.0 Å². The van der Waals surface area contributed by atoms with Crippen LogP contribution >= 0.6 is 0 Å². The first-order chi connectivity index (χ1) is 13.6. The average Bonchev–Trinajstić information content (AvgIpc) is 3.08. The lowest BCUT2D eigenvalue weighted by Crippen LogP contribution is -2.40. The van der Waals surface area contributed by atoms with Gasteiger partial charge in [0.25, 0.3) is 0 Å². The first-order valence-corrected chi connectivity index (χ1v) is 9.52. The summed E-state index contributed by atoms with van der Waals surface area (Å²) < 4.78 is 20.1. The van der Waals surface area contributed by atoms with Gasteiger partial charge in [-0.15, -0.1) is 0 Å². The summed E-state index contributed by atoms with van der Waals surface area (Å²) in [5.41, 5.74) is 2.05. The molecular weight excluding hydrogens is 371 g/mol. The summed E-state index contributed by atoms with van der Waals surface area (Å²) in [5.74, 6) is -0.420. The molecule has 154 valence electrons. The number of halogens is 1. The number of hydrogen-bond acceptors (Lipinski definition) is 4. The van der Waals surface area contributed by atoms with Gasteiger partial charge in [0, 0.05) is 30.9 Å². The Balaban J connectivity index is 2.04. The van der Waals surface area contributed by atoms with Gasteiger partial charge in [-0.1, -0.05) is 0 Å². The molecule has 2 heterocycles. The van der Waals surface area contributed by atoms with Gasteiger partial charge in [0.15, 0.2) is 0 Å². The Morgan fingerprint density at radius 3 is 2.62 bits per heavy atom. The van der Waals surface area contributed by atoms with Gasteiger partial charge in [-0.25, -0.2) is 14.2 Å². The first-order valence-electron chi connectivity index (χ1n) is 9.52. The molecule has 0 saturated carbocycles. The number of nitrogens with zero attached hydrogens (tertiary/aromatic N) is 3. The smallest absolute Gasteiger partial charge is 0.414 e. The third-order valence-electron chi connectivity index (χ3n) is 4.35. The van der Waals surface area contributed by atoms with Crippen molar-refractivity contribution in [3.63, 3.8) is 0 Å². The monoisotopic (exact) mass is 398 g/mol. The fraction of sp³-hybridized carbons (Fsp3) is 0.364. The summed E-state index contributed by atoms with van der Waals surface area (Å²) in [6.45, 7) is 6.42. The van der Waals surface area contributed by atoms with Gasteiger partial charge >= 0.3 is 6.09 Å². The molecule has 29 heavy (non-hydrogen) atoms. The van der Waals surface area contributed by atoms with Crippen LogP contribution in [-0.4, -0.2) is 53.7 Å². The number of ether oxygens (including phenoxy) is 1. The molecule has 0 fully saturated rings. The van der Waals surface area contributed by atoms with Crippen LogP contribution in [0.3, 0.4) is 0 Å². The second-order valence-corrected chi connectivity index (χ2v) is 8.23. The van der Waals surface area contributed by atoms with Crippen molar-refractivity contribution in [1.82, 2.24) is 14.9 Å². The minimum atomic E-state index is -0.647. The highest BCUT2D eigenvalue weighted by Gasteiger charge is 2.24. The number of carbonyl (C=O) groups is 1. The molecule has 3 rings (SSSR count). The molecule has 0 bridgehead atoms. The fourth-order valence-electron chi connectivity index (χ4n) is 3.04. The van der Waals surface area contributed by atoms with Crippen molar-refractivity contribution in [2.45, 2.75) is 26.4 Å². The van der Waals surface area contributed by atoms with E-state index in [9.17, 15) is 9.18 Å². The molecule has 3 aromatic rings. The van der Waals surface area contributed by atoms with E-state index in [1.165, 1.54) is 17.0 Å². The largest absolute Gasteiger partial charge is 0.443 e. The van der Waals surface area contributed by atoms with Crippen LogP contribution in [0.25, 0.3) is 22.2 Å². The molecule has 1 amide bonds. The Morgan fingerprint density at radius 1 is 1.17 bits per heavy atom. The molecule has 0 aliphatic carbocycles. The number of carbonyl (C=O) groups excluding carboxylic acids is 1. The van der Waals surface area contributed by atoms with Crippen molar-refractivity contribution in [3.8, 4) is 11.1 Å². The summed E-state index contributed by atoms with van der Waals surface area (Å²) in [6.07, 6.45) is 2.97. The lowest BCUT2D eigenvalue weighted by molar-refractivity contribution is 0.0578. The van der Waals surface area contributed by atoms with E-state index < -0.39 is 17.5 Å². The molecule has 0 aliphatic rings. The highest BCUT2D eigenvalue weighted by Crippen LogP contribution is 2.31. The Labute approximate surface area is 170 Å². The predicted molar refractivity (Wildman–Crippen MR) is 114 cm³/mol. The van der Waals surface area contributed by atoms with Crippen molar-refractivity contribution < 1.29 is 13.9 Å². The minimum absolute atomic E-state index is 0.376. The van der Waals surface area contributed by atoms with E-state index in [0.717, 1.165) is 16.6 Å².